The largest absolute Gasteiger partial charge is 0.325 e. The van der Waals surface area contributed by atoms with E-state index in [9.17, 15) is 9.59 Å². The van der Waals surface area contributed by atoms with Crippen LogP contribution < -0.4 is 10.6 Å². The second-order valence-corrected chi connectivity index (χ2v) is 9.27. The van der Waals surface area contributed by atoms with Gasteiger partial charge < -0.3 is 10.6 Å². The van der Waals surface area contributed by atoms with Crippen molar-refractivity contribution < 1.29 is 9.59 Å². The van der Waals surface area contributed by atoms with Gasteiger partial charge in [0.1, 0.15) is 5.25 Å². The first kappa shape index (κ1) is 21.3. The van der Waals surface area contributed by atoms with Crippen LogP contribution in [0.5, 0.6) is 0 Å². The lowest BCUT2D eigenvalue weighted by atomic mass is 10.0. The first-order chi connectivity index (χ1) is 15.0. The van der Waals surface area contributed by atoms with Crippen LogP contribution in [0.25, 0.3) is 16.3 Å². The highest BCUT2D eigenvalue weighted by atomic mass is 79.9. The third kappa shape index (κ3) is 5.42. The Hall–Kier alpha value is -2.90. The van der Waals surface area contributed by atoms with Crippen molar-refractivity contribution in [3.05, 3.63) is 83.0 Å². The number of carbonyl (C=O) groups excluding carboxylic acids is 2. The van der Waals surface area contributed by atoms with Gasteiger partial charge in [-0.25, -0.2) is 4.99 Å². The quantitative estimate of drug-likeness (QED) is 0.498. The van der Waals surface area contributed by atoms with E-state index in [1.54, 1.807) is 18.3 Å². The van der Waals surface area contributed by atoms with Crippen molar-refractivity contribution in [3.63, 3.8) is 0 Å². The number of rotatable bonds is 4. The Labute approximate surface area is 193 Å². The van der Waals surface area contributed by atoms with Gasteiger partial charge in [0.2, 0.25) is 11.8 Å². The maximum Gasteiger partial charge on any atom is 0.238 e. The number of anilines is 1. The van der Waals surface area contributed by atoms with Crippen LogP contribution >= 0.6 is 27.7 Å². The predicted octanol–water partition coefficient (Wildman–Crippen LogP) is 5.58. The zero-order valence-electron chi connectivity index (χ0n) is 16.8. The van der Waals surface area contributed by atoms with E-state index in [2.05, 4.69) is 61.9 Å². The van der Waals surface area contributed by atoms with Gasteiger partial charge >= 0.3 is 0 Å². The summed E-state index contributed by atoms with van der Waals surface area (Å²) in [7, 11) is 0. The number of nitrogens with zero attached hydrogens (tertiary/aromatic N) is 1. The normalized spacial score (nSPS) is 18.1. The van der Waals surface area contributed by atoms with Crippen LogP contribution in [0.4, 0.5) is 5.69 Å². The average molecular weight is 494 g/mol. The molecule has 1 atom stereocenters. The number of hydrogen-bond acceptors (Lipinski definition) is 4. The molecule has 0 aliphatic carbocycles. The van der Waals surface area contributed by atoms with Gasteiger partial charge in [0, 0.05) is 22.8 Å². The summed E-state index contributed by atoms with van der Waals surface area (Å²) >= 11 is 4.63. The number of halogens is 1. The van der Waals surface area contributed by atoms with Crippen LogP contribution in [0.1, 0.15) is 18.9 Å². The van der Waals surface area contributed by atoms with E-state index in [1.165, 1.54) is 17.1 Å². The number of amidine groups is 1. The molecule has 3 aromatic rings. The Morgan fingerprint density at radius 2 is 1.87 bits per heavy atom. The minimum absolute atomic E-state index is 0.111. The summed E-state index contributed by atoms with van der Waals surface area (Å²) in [4.78, 5) is 29.2. The zero-order chi connectivity index (χ0) is 21.8. The summed E-state index contributed by atoms with van der Waals surface area (Å²) < 4.78 is 0.930. The van der Waals surface area contributed by atoms with Gasteiger partial charge in [-0.2, -0.15) is 0 Å². The van der Waals surface area contributed by atoms with E-state index >= 15 is 0 Å². The number of nitrogens with one attached hydrogen (secondary N) is 2. The van der Waals surface area contributed by atoms with Gasteiger partial charge in [-0.15, -0.1) is 0 Å². The molecule has 0 aromatic heterocycles. The van der Waals surface area contributed by atoms with Crippen LogP contribution in [0, 0.1) is 0 Å². The standard InChI is InChI=1S/C24H20BrN3O2S/c1-15(17-7-6-16-4-2-3-5-18(16)12-17)14-26-24-28-22(29)13-21(31-24)23(30)27-20-10-8-19(25)9-11-20/h2-12,14,21H,13H2,1H3,(H,27,30)(H,26,28,29). The molecule has 5 nitrogen and oxygen atoms in total. The fourth-order valence-electron chi connectivity index (χ4n) is 3.17. The molecular weight excluding hydrogens is 474 g/mol. The Morgan fingerprint density at radius 1 is 1.13 bits per heavy atom. The number of carbonyl (C=O) groups is 2. The monoisotopic (exact) mass is 493 g/mol. The summed E-state index contributed by atoms with van der Waals surface area (Å²) in [6.45, 7) is 1.97. The highest BCUT2D eigenvalue weighted by molar-refractivity contribution is 9.10. The summed E-state index contributed by atoms with van der Waals surface area (Å²) in [6, 6.07) is 21.7. The SMILES string of the molecule is CC(=CN=C1NC(=O)CC(C(=O)Nc2ccc(Br)cc2)S1)c1ccc2ccccc2c1. The van der Waals surface area contributed by atoms with Gasteiger partial charge in [0.15, 0.2) is 5.17 Å². The highest BCUT2D eigenvalue weighted by Gasteiger charge is 2.30. The Kier molecular flexibility index (Phi) is 6.53. The minimum atomic E-state index is -0.537. The van der Waals surface area contributed by atoms with E-state index in [0.717, 1.165) is 21.0 Å². The smallest absolute Gasteiger partial charge is 0.238 e. The lowest BCUT2D eigenvalue weighted by Crippen LogP contribution is -2.41. The Morgan fingerprint density at radius 3 is 2.65 bits per heavy atom. The second kappa shape index (κ2) is 9.49. The molecule has 1 heterocycles. The molecule has 2 N–H and O–H groups in total. The lowest BCUT2D eigenvalue weighted by molar-refractivity contribution is -0.123. The van der Waals surface area contributed by atoms with E-state index in [4.69, 9.17) is 0 Å². The fraction of sp³-hybridized carbons (Fsp3) is 0.125. The van der Waals surface area contributed by atoms with Crippen LogP contribution in [0.3, 0.4) is 0 Å². The maximum atomic E-state index is 12.6. The zero-order valence-corrected chi connectivity index (χ0v) is 19.2. The van der Waals surface area contributed by atoms with Crippen molar-refractivity contribution >= 4 is 66.7 Å². The fourth-order valence-corrected chi connectivity index (χ4v) is 4.39. The van der Waals surface area contributed by atoms with Crippen LogP contribution in [-0.4, -0.2) is 22.2 Å². The second-order valence-electron chi connectivity index (χ2n) is 7.16. The number of thioether (sulfide) groups is 1. The maximum absolute atomic E-state index is 12.6. The minimum Gasteiger partial charge on any atom is -0.325 e. The third-order valence-corrected chi connectivity index (χ3v) is 6.48. The number of fused-ring (bicyclic) bond motifs is 1. The van der Waals surface area contributed by atoms with E-state index < -0.39 is 5.25 Å². The number of allylic oxidation sites excluding steroid dienone is 1. The Balaban J connectivity index is 1.48. The summed E-state index contributed by atoms with van der Waals surface area (Å²) in [5, 5.41) is 7.83. The highest BCUT2D eigenvalue weighted by Crippen LogP contribution is 2.25. The topological polar surface area (TPSA) is 70.6 Å². The lowest BCUT2D eigenvalue weighted by Gasteiger charge is -2.22. The number of aliphatic imine (C=N–C) groups is 1. The van der Waals surface area contributed by atoms with Crippen molar-refractivity contribution in [3.8, 4) is 0 Å². The molecule has 0 bridgehead atoms. The van der Waals surface area contributed by atoms with E-state index in [1.807, 2.05) is 31.2 Å². The summed E-state index contributed by atoms with van der Waals surface area (Å²) in [5.41, 5.74) is 2.71. The molecule has 0 spiro atoms. The number of hydrogen-bond donors (Lipinski definition) is 2. The molecule has 31 heavy (non-hydrogen) atoms. The summed E-state index contributed by atoms with van der Waals surface area (Å²) in [5.74, 6) is -0.435. The average Bonchev–Trinajstić information content (AvgIpc) is 2.78. The first-order valence-corrected chi connectivity index (χ1v) is 11.4. The van der Waals surface area contributed by atoms with Gasteiger partial charge in [0.25, 0.3) is 0 Å². The predicted molar refractivity (Wildman–Crippen MR) is 132 cm³/mol. The van der Waals surface area contributed by atoms with Crippen LogP contribution in [0.2, 0.25) is 0 Å². The molecule has 1 aliphatic heterocycles. The molecule has 7 heteroatoms. The Bertz CT molecular complexity index is 1200. The van der Waals surface area contributed by atoms with Gasteiger partial charge in [-0.05, 0) is 59.2 Å². The van der Waals surface area contributed by atoms with Crippen molar-refractivity contribution in [2.45, 2.75) is 18.6 Å². The van der Waals surface area contributed by atoms with Crippen LogP contribution in [0.15, 0.2) is 82.4 Å². The number of amides is 2. The summed E-state index contributed by atoms with van der Waals surface area (Å²) in [6.07, 6.45) is 1.83. The third-order valence-electron chi connectivity index (χ3n) is 4.86. The molecule has 0 saturated carbocycles. The molecule has 1 saturated heterocycles. The molecule has 1 fully saturated rings. The van der Waals surface area contributed by atoms with Crippen molar-refractivity contribution in [1.29, 1.82) is 0 Å². The van der Waals surface area contributed by atoms with Gasteiger partial charge in [0.05, 0.1) is 0 Å². The molecule has 4 rings (SSSR count). The molecule has 156 valence electrons. The molecule has 0 radical (unpaired) electrons. The van der Waals surface area contributed by atoms with Crippen LogP contribution in [-0.2, 0) is 9.59 Å². The molecule has 1 unspecified atom stereocenters. The van der Waals surface area contributed by atoms with Gasteiger partial charge in [-0.3, -0.25) is 9.59 Å². The molecular formula is C24H20BrN3O2S. The molecule has 3 aromatic carbocycles. The van der Waals surface area contributed by atoms with Crippen molar-refractivity contribution in [2.75, 3.05) is 5.32 Å². The number of benzene rings is 3. The molecule has 1 aliphatic rings. The van der Waals surface area contributed by atoms with Crippen molar-refractivity contribution in [2.24, 2.45) is 4.99 Å². The molecule has 2 amide bonds. The van der Waals surface area contributed by atoms with Crippen molar-refractivity contribution in [1.82, 2.24) is 5.32 Å². The van der Waals surface area contributed by atoms with E-state index in [-0.39, 0.29) is 18.2 Å². The van der Waals surface area contributed by atoms with E-state index in [0.29, 0.717) is 10.9 Å². The first-order valence-electron chi connectivity index (χ1n) is 9.74. The van der Waals surface area contributed by atoms with Gasteiger partial charge in [-0.1, -0.05) is 64.1 Å².